The molecule has 9 heteroatoms. The standard InChI is InChI=1S/C30H30N4O5/c1-17-12-13-22-21(16-38-28(22)18(17)2)15-26(36)32-31-23-10-7-11-24-27(23)19(3)29(39-24)30(37)34-33-25(35)14-20-8-5-4-6-9-20/h4-6,8-9,12-13,16H,7,10-11,14-15H2,1-3H3,(H,32,36)(H,33,35)(H,34,37)/b31-23+. The lowest BCUT2D eigenvalue weighted by molar-refractivity contribution is -0.121. The fourth-order valence-electron chi connectivity index (χ4n) is 4.87. The number of aryl methyl sites for hydroxylation is 3. The van der Waals surface area contributed by atoms with Gasteiger partial charge in [-0.2, -0.15) is 5.10 Å². The van der Waals surface area contributed by atoms with E-state index < -0.39 is 5.91 Å². The Morgan fingerprint density at radius 3 is 2.49 bits per heavy atom. The molecule has 39 heavy (non-hydrogen) atoms. The number of rotatable bonds is 6. The van der Waals surface area contributed by atoms with E-state index in [2.05, 4.69) is 21.4 Å². The molecule has 200 valence electrons. The van der Waals surface area contributed by atoms with E-state index in [4.69, 9.17) is 8.83 Å². The molecule has 1 aliphatic carbocycles. The molecule has 0 unspecified atom stereocenters. The summed E-state index contributed by atoms with van der Waals surface area (Å²) in [7, 11) is 0. The minimum atomic E-state index is -0.552. The Hall–Kier alpha value is -4.66. The molecule has 3 N–H and O–H groups in total. The van der Waals surface area contributed by atoms with Gasteiger partial charge in [0.1, 0.15) is 11.3 Å². The van der Waals surface area contributed by atoms with Gasteiger partial charge in [-0.15, -0.1) is 0 Å². The number of carbonyl (C=O) groups excluding carboxylic acids is 3. The monoisotopic (exact) mass is 526 g/mol. The number of furan rings is 2. The molecule has 2 aromatic carbocycles. The van der Waals surface area contributed by atoms with Crippen LogP contribution in [0.3, 0.4) is 0 Å². The second-order valence-electron chi connectivity index (χ2n) is 9.79. The number of hydrazine groups is 1. The van der Waals surface area contributed by atoms with E-state index in [0.29, 0.717) is 29.9 Å². The Labute approximate surface area is 225 Å². The number of amides is 3. The summed E-state index contributed by atoms with van der Waals surface area (Å²) < 4.78 is 11.6. The molecular weight excluding hydrogens is 496 g/mol. The fourth-order valence-corrected chi connectivity index (χ4v) is 4.87. The van der Waals surface area contributed by atoms with Crippen molar-refractivity contribution in [3.05, 3.63) is 93.6 Å². The van der Waals surface area contributed by atoms with Crippen molar-refractivity contribution in [2.45, 2.75) is 52.9 Å². The molecule has 2 heterocycles. The normalized spacial score (nSPS) is 13.8. The summed E-state index contributed by atoms with van der Waals surface area (Å²) in [6.07, 6.45) is 3.94. The highest BCUT2D eigenvalue weighted by Gasteiger charge is 2.28. The Morgan fingerprint density at radius 1 is 0.897 bits per heavy atom. The Balaban J connectivity index is 1.25. The van der Waals surface area contributed by atoms with Crippen LogP contribution < -0.4 is 16.3 Å². The summed E-state index contributed by atoms with van der Waals surface area (Å²) in [5.74, 6) is -0.417. The molecule has 3 amide bonds. The molecule has 9 nitrogen and oxygen atoms in total. The third-order valence-electron chi connectivity index (χ3n) is 7.06. The quantitative estimate of drug-likeness (QED) is 0.322. The largest absolute Gasteiger partial charge is 0.464 e. The van der Waals surface area contributed by atoms with Gasteiger partial charge in [0, 0.05) is 28.5 Å². The van der Waals surface area contributed by atoms with E-state index in [1.807, 2.05) is 56.3 Å². The van der Waals surface area contributed by atoms with Gasteiger partial charge in [0.15, 0.2) is 5.76 Å². The molecule has 0 saturated carbocycles. The molecule has 0 bridgehead atoms. The summed E-state index contributed by atoms with van der Waals surface area (Å²) in [5, 5.41) is 5.31. The summed E-state index contributed by atoms with van der Waals surface area (Å²) >= 11 is 0. The van der Waals surface area contributed by atoms with Crippen molar-refractivity contribution < 1.29 is 23.2 Å². The van der Waals surface area contributed by atoms with Gasteiger partial charge >= 0.3 is 5.91 Å². The molecule has 2 aromatic heterocycles. The maximum Gasteiger partial charge on any atom is 0.305 e. The third-order valence-corrected chi connectivity index (χ3v) is 7.06. The van der Waals surface area contributed by atoms with Gasteiger partial charge in [0.25, 0.3) is 0 Å². The topological polar surface area (TPSA) is 126 Å². The highest BCUT2D eigenvalue weighted by molar-refractivity contribution is 6.07. The lowest BCUT2D eigenvalue weighted by Crippen LogP contribution is -2.42. The molecule has 0 radical (unpaired) electrons. The Morgan fingerprint density at radius 2 is 1.69 bits per heavy atom. The number of benzene rings is 2. The molecule has 0 atom stereocenters. The van der Waals surface area contributed by atoms with Crippen LogP contribution in [0.5, 0.6) is 0 Å². The van der Waals surface area contributed by atoms with Crippen molar-refractivity contribution in [2.75, 3.05) is 0 Å². The highest BCUT2D eigenvalue weighted by Crippen LogP contribution is 2.30. The fraction of sp³-hybridized carbons (Fsp3) is 0.267. The first kappa shape index (κ1) is 26.0. The van der Waals surface area contributed by atoms with Crippen molar-refractivity contribution in [1.29, 1.82) is 0 Å². The van der Waals surface area contributed by atoms with E-state index in [-0.39, 0.29) is 30.4 Å². The average molecular weight is 527 g/mol. The van der Waals surface area contributed by atoms with Crippen LogP contribution in [0, 0.1) is 20.8 Å². The van der Waals surface area contributed by atoms with Crippen LogP contribution in [-0.2, 0) is 28.9 Å². The van der Waals surface area contributed by atoms with Crippen LogP contribution in [0.25, 0.3) is 11.0 Å². The minimum Gasteiger partial charge on any atom is -0.464 e. The maximum absolute atomic E-state index is 12.8. The van der Waals surface area contributed by atoms with Gasteiger partial charge in [0.2, 0.25) is 11.8 Å². The van der Waals surface area contributed by atoms with E-state index >= 15 is 0 Å². The summed E-state index contributed by atoms with van der Waals surface area (Å²) in [6, 6.07) is 13.2. The van der Waals surface area contributed by atoms with E-state index in [1.165, 1.54) is 0 Å². The number of nitrogens with zero attached hydrogens (tertiary/aromatic N) is 1. The van der Waals surface area contributed by atoms with Gasteiger partial charge in [-0.3, -0.25) is 25.2 Å². The molecule has 5 rings (SSSR count). The first-order valence-corrected chi connectivity index (χ1v) is 12.9. The second kappa shape index (κ2) is 11.0. The molecular formula is C30H30N4O5. The SMILES string of the molecule is Cc1ccc2c(CC(=O)N/N=C3\CCCc4oc(C(=O)NNC(=O)Cc5ccccc5)c(C)c43)coc2c1C. The van der Waals surface area contributed by atoms with Gasteiger partial charge in [0.05, 0.1) is 24.8 Å². The van der Waals surface area contributed by atoms with Gasteiger partial charge in [-0.25, -0.2) is 5.43 Å². The zero-order valence-corrected chi connectivity index (χ0v) is 22.1. The van der Waals surface area contributed by atoms with Crippen molar-refractivity contribution in [3.8, 4) is 0 Å². The zero-order chi connectivity index (χ0) is 27.5. The smallest absolute Gasteiger partial charge is 0.305 e. The molecule has 0 aliphatic heterocycles. The molecule has 0 saturated heterocycles. The minimum absolute atomic E-state index is 0.108. The van der Waals surface area contributed by atoms with Gasteiger partial charge in [-0.05, 0) is 50.3 Å². The molecule has 1 aliphatic rings. The highest BCUT2D eigenvalue weighted by atomic mass is 16.4. The lowest BCUT2D eigenvalue weighted by atomic mass is 9.93. The molecule has 4 aromatic rings. The summed E-state index contributed by atoms with van der Waals surface area (Å²) in [4.78, 5) is 37.8. The average Bonchev–Trinajstić information content (AvgIpc) is 3.50. The van der Waals surface area contributed by atoms with Crippen LogP contribution in [0.1, 0.15) is 62.5 Å². The van der Waals surface area contributed by atoms with Crippen LogP contribution in [0.4, 0.5) is 0 Å². The number of carbonyl (C=O) groups is 3. The van der Waals surface area contributed by atoms with Crippen molar-refractivity contribution in [2.24, 2.45) is 5.10 Å². The maximum atomic E-state index is 12.8. The zero-order valence-electron chi connectivity index (χ0n) is 22.1. The van der Waals surface area contributed by atoms with E-state index in [1.54, 1.807) is 13.2 Å². The predicted molar refractivity (Wildman–Crippen MR) is 146 cm³/mol. The molecule has 0 spiro atoms. The van der Waals surface area contributed by atoms with Crippen molar-refractivity contribution in [3.63, 3.8) is 0 Å². The number of nitrogens with one attached hydrogen (secondary N) is 3. The van der Waals surface area contributed by atoms with E-state index in [0.717, 1.165) is 45.2 Å². The number of hydrazone groups is 1. The third kappa shape index (κ3) is 5.47. The molecule has 0 fully saturated rings. The lowest BCUT2D eigenvalue weighted by Gasteiger charge is -2.13. The Kier molecular flexibility index (Phi) is 7.31. The number of hydrogen-bond acceptors (Lipinski definition) is 6. The van der Waals surface area contributed by atoms with Gasteiger partial charge < -0.3 is 8.83 Å². The van der Waals surface area contributed by atoms with Gasteiger partial charge in [-0.1, -0.05) is 42.5 Å². The van der Waals surface area contributed by atoms with Crippen molar-refractivity contribution >= 4 is 34.4 Å². The van der Waals surface area contributed by atoms with Crippen LogP contribution in [-0.4, -0.2) is 23.4 Å². The van der Waals surface area contributed by atoms with Crippen LogP contribution in [0.15, 0.2) is 62.7 Å². The first-order valence-electron chi connectivity index (χ1n) is 12.9. The van der Waals surface area contributed by atoms with Crippen LogP contribution >= 0.6 is 0 Å². The number of fused-ring (bicyclic) bond motifs is 2. The van der Waals surface area contributed by atoms with Crippen LogP contribution in [0.2, 0.25) is 0 Å². The Bertz CT molecular complexity index is 1600. The second-order valence-corrected chi connectivity index (χ2v) is 9.79. The van der Waals surface area contributed by atoms with Crippen molar-refractivity contribution in [1.82, 2.24) is 16.3 Å². The first-order chi connectivity index (χ1) is 18.8. The summed E-state index contributed by atoms with van der Waals surface area (Å²) in [5.41, 5.74) is 14.1. The predicted octanol–water partition coefficient (Wildman–Crippen LogP) is 4.35. The number of hydrogen-bond donors (Lipinski definition) is 3. The summed E-state index contributed by atoms with van der Waals surface area (Å²) in [6.45, 7) is 5.79. The van der Waals surface area contributed by atoms with E-state index in [9.17, 15) is 14.4 Å².